The lowest BCUT2D eigenvalue weighted by Gasteiger charge is -2.19. The molecule has 0 saturated carbocycles. The van der Waals surface area contributed by atoms with Crippen molar-refractivity contribution < 1.29 is 24.0 Å². The molecule has 0 heterocycles. The molecule has 0 radical (unpaired) electrons. The second kappa shape index (κ2) is 8.76. The van der Waals surface area contributed by atoms with Crippen LogP contribution in [0.15, 0.2) is 30.3 Å². The molecule has 22 heavy (non-hydrogen) atoms. The molecule has 0 fully saturated rings. The molecule has 0 saturated heterocycles. The number of nitro groups is 1. The topological polar surface area (TPSA) is 95.7 Å². The summed E-state index contributed by atoms with van der Waals surface area (Å²) in [5.41, 5.74) is 0.519. The molecule has 7 heteroatoms. The maximum Gasteiger partial charge on any atom is 0.382 e. The van der Waals surface area contributed by atoms with Gasteiger partial charge in [0.05, 0.1) is 25.6 Å². The van der Waals surface area contributed by atoms with Crippen molar-refractivity contribution in [3.05, 3.63) is 46.0 Å². The van der Waals surface area contributed by atoms with Gasteiger partial charge in [0, 0.05) is 4.92 Å². The highest BCUT2D eigenvalue weighted by Gasteiger charge is 2.42. The number of esters is 2. The molecule has 0 amide bonds. The zero-order chi connectivity index (χ0) is 16.5. The second-order valence-electron chi connectivity index (χ2n) is 4.51. The van der Waals surface area contributed by atoms with E-state index in [1.165, 1.54) is 0 Å². The molecule has 0 aromatic heterocycles. The van der Waals surface area contributed by atoms with Gasteiger partial charge >= 0.3 is 18.0 Å². The summed E-state index contributed by atoms with van der Waals surface area (Å²) in [5.74, 6) is -2.48. The van der Waals surface area contributed by atoms with E-state index in [1.807, 2.05) is 0 Å². The van der Waals surface area contributed by atoms with Crippen LogP contribution in [0, 0.1) is 10.1 Å². The van der Waals surface area contributed by atoms with E-state index in [2.05, 4.69) is 0 Å². The Kier molecular flexibility index (Phi) is 7.01. The molecule has 0 bridgehead atoms. The number of carbonyl (C=O) groups is 2. The van der Waals surface area contributed by atoms with Gasteiger partial charge < -0.3 is 9.47 Å². The number of ether oxygens (including phenoxy) is 2. The molecule has 0 N–H and O–H groups in total. The monoisotopic (exact) mass is 309 g/mol. The van der Waals surface area contributed by atoms with Crippen LogP contribution in [0.25, 0.3) is 0 Å². The number of rotatable bonds is 8. The maximum absolute atomic E-state index is 11.9. The van der Waals surface area contributed by atoms with Gasteiger partial charge in [-0.3, -0.25) is 14.9 Å². The molecule has 0 aliphatic heterocycles. The first-order chi connectivity index (χ1) is 10.5. The molecule has 2 unspecified atom stereocenters. The minimum absolute atomic E-state index is 0.0318. The van der Waals surface area contributed by atoms with Gasteiger partial charge in [0.15, 0.2) is 0 Å². The zero-order valence-corrected chi connectivity index (χ0v) is 12.6. The van der Waals surface area contributed by atoms with Gasteiger partial charge in [0.25, 0.3) is 0 Å². The predicted octanol–water partition coefficient (Wildman–Crippen LogP) is 1.93. The van der Waals surface area contributed by atoms with Gasteiger partial charge in [-0.05, 0) is 19.4 Å². The van der Waals surface area contributed by atoms with Crippen molar-refractivity contribution in [2.45, 2.75) is 32.2 Å². The average Bonchev–Trinajstić information content (AvgIpc) is 2.47. The fraction of sp³-hybridized carbons (Fsp3) is 0.467. The van der Waals surface area contributed by atoms with Crippen LogP contribution in [0.3, 0.4) is 0 Å². The van der Waals surface area contributed by atoms with E-state index in [0.29, 0.717) is 5.56 Å². The first-order valence-electron chi connectivity index (χ1n) is 7.01. The van der Waals surface area contributed by atoms with Crippen molar-refractivity contribution in [3.63, 3.8) is 0 Å². The highest BCUT2D eigenvalue weighted by Crippen LogP contribution is 2.27. The lowest BCUT2D eigenvalue weighted by molar-refractivity contribution is -0.514. The normalized spacial score (nSPS) is 13.0. The lowest BCUT2D eigenvalue weighted by Crippen LogP contribution is -2.38. The first-order valence-corrected chi connectivity index (χ1v) is 7.01. The molecule has 7 nitrogen and oxygen atoms in total. The molecule has 0 aliphatic rings. The number of hydrogen-bond acceptors (Lipinski definition) is 6. The van der Waals surface area contributed by atoms with Gasteiger partial charge in [-0.15, -0.1) is 0 Å². The lowest BCUT2D eigenvalue weighted by atomic mass is 9.88. The fourth-order valence-electron chi connectivity index (χ4n) is 2.14. The minimum Gasteiger partial charge on any atom is -0.466 e. The molecule has 0 spiro atoms. The van der Waals surface area contributed by atoms with Crippen LogP contribution in [0.5, 0.6) is 0 Å². The Labute approximate surface area is 128 Å². The van der Waals surface area contributed by atoms with Crippen molar-refractivity contribution in [3.8, 4) is 0 Å². The summed E-state index contributed by atoms with van der Waals surface area (Å²) in [6.07, 6.45) is -0.262. The van der Waals surface area contributed by atoms with Crippen molar-refractivity contribution in [2.75, 3.05) is 13.2 Å². The van der Waals surface area contributed by atoms with Gasteiger partial charge in [-0.2, -0.15) is 0 Å². The predicted molar refractivity (Wildman–Crippen MR) is 77.8 cm³/mol. The largest absolute Gasteiger partial charge is 0.466 e. The van der Waals surface area contributed by atoms with Crippen LogP contribution in [0.2, 0.25) is 0 Å². The summed E-state index contributed by atoms with van der Waals surface area (Å²) < 4.78 is 9.63. The Morgan fingerprint density at radius 2 is 1.73 bits per heavy atom. The number of hydrogen-bond donors (Lipinski definition) is 0. The van der Waals surface area contributed by atoms with Gasteiger partial charge in [0.2, 0.25) is 0 Å². The molecular weight excluding hydrogens is 290 g/mol. The minimum atomic E-state index is -1.65. The Balaban J connectivity index is 3.13. The highest BCUT2D eigenvalue weighted by molar-refractivity contribution is 5.78. The maximum atomic E-state index is 11.9. The number of nitrogens with zero attached hydrogens (tertiary/aromatic N) is 1. The van der Waals surface area contributed by atoms with Crippen LogP contribution in [0.4, 0.5) is 0 Å². The van der Waals surface area contributed by atoms with Crippen LogP contribution < -0.4 is 0 Å². The molecule has 2 atom stereocenters. The summed E-state index contributed by atoms with van der Waals surface area (Å²) in [6.45, 7) is 3.41. The standard InChI is InChI=1S/C15H19NO6/c1-3-21-13(17)10-12(11-8-6-5-7-9-11)14(16(19)20)15(18)22-4-2/h5-9,12,14H,3-4,10H2,1-2H3. The third-order valence-electron chi connectivity index (χ3n) is 3.06. The number of benzene rings is 1. The number of carbonyl (C=O) groups excluding carboxylic acids is 2. The quantitative estimate of drug-likeness (QED) is 0.413. The van der Waals surface area contributed by atoms with E-state index in [-0.39, 0.29) is 19.6 Å². The summed E-state index contributed by atoms with van der Waals surface area (Å²) >= 11 is 0. The van der Waals surface area contributed by atoms with E-state index < -0.39 is 28.8 Å². The smallest absolute Gasteiger partial charge is 0.382 e. The van der Waals surface area contributed by atoms with E-state index in [0.717, 1.165) is 0 Å². The van der Waals surface area contributed by atoms with Gasteiger partial charge in [0.1, 0.15) is 0 Å². The molecule has 1 aromatic carbocycles. The van der Waals surface area contributed by atoms with E-state index in [4.69, 9.17) is 9.47 Å². The Hall–Kier alpha value is -2.44. The van der Waals surface area contributed by atoms with Crippen molar-refractivity contribution in [1.29, 1.82) is 0 Å². The summed E-state index contributed by atoms with van der Waals surface area (Å²) in [4.78, 5) is 34.3. The van der Waals surface area contributed by atoms with E-state index >= 15 is 0 Å². The molecule has 0 aliphatic carbocycles. The van der Waals surface area contributed by atoms with Crippen LogP contribution >= 0.6 is 0 Å². The second-order valence-corrected chi connectivity index (χ2v) is 4.51. The molecule has 120 valence electrons. The molecule has 1 rings (SSSR count). The SMILES string of the molecule is CCOC(=O)CC(c1ccccc1)C(C(=O)OCC)[N+](=O)[O-]. The van der Waals surface area contributed by atoms with E-state index in [9.17, 15) is 19.7 Å². The summed E-state index contributed by atoms with van der Waals surface area (Å²) in [7, 11) is 0. The summed E-state index contributed by atoms with van der Waals surface area (Å²) in [6, 6.07) is 6.76. The Morgan fingerprint density at radius 1 is 1.14 bits per heavy atom. The summed E-state index contributed by atoms with van der Waals surface area (Å²) in [5, 5.41) is 11.3. The van der Waals surface area contributed by atoms with Gasteiger partial charge in [-0.1, -0.05) is 30.3 Å². The highest BCUT2D eigenvalue weighted by atomic mass is 16.6. The van der Waals surface area contributed by atoms with Crippen molar-refractivity contribution >= 4 is 11.9 Å². The van der Waals surface area contributed by atoms with Crippen LogP contribution in [-0.4, -0.2) is 36.1 Å². The van der Waals surface area contributed by atoms with Gasteiger partial charge in [-0.25, -0.2) is 4.79 Å². The van der Waals surface area contributed by atoms with Crippen molar-refractivity contribution in [2.24, 2.45) is 0 Å². The van der Waals surface area contributed by atoms with E-state index in [1.54, 1.807) is 44.2 Å². The van der Waals surface area contributed by atoms with Crippen LogP contribution in [0.1, 0.15) is 31.7 Å². The molecular formula is C15H19NO6. The third kappa shape index (κ3) is 4.83. The third-order valence-corrected chi connectivity index (χ3v) is 3.06. The van der Waals surface area contributed by atoms with Crippen LogP contribution in [-0.2, 0) is 19.1 Å². The zero-order valence-electron chi connectivity index (χ0n) is 12.6. The Bertz CT molecular complexity index is 516. The average molecular weight is 309 g/mol. The first kappa shape index (κ1) is 17.6. The Morgan fingerprint density at radius 3 is 2.23 bits per heavy atom. The van der Waals surface area contributed by atoms with Crippen molar-refractivity contribution in [1.82, 2.24) is 0 Å². The fourth-order valence-corrected chi connectivity index (χ4v) is 2.14. The molecule has 1 aromatic rings.